The molecule has 2 heterocycles. The van der Waals surface area contributed by atoms with Crippen LogP contribution >= 0.6 is 7.82 Å². The van der Waals surface area contributed by atoms with Crippen LogP contribution in [0.2, 0.25) is 0 Å². The van der Waals surface area contributed by atoms with E-state index in [4.69, 9.17) is 31.3 Å². The number of carbonyl (C=O) groups excluding carboxylic acids is 1. The van der Waals surface area contributed by atoms with E-state index >= 15 is 0 Å². The van der Waals surface area contributed by atoms with Crippen LogP contribution in [0, 0.1) is 0 Å². The SMILES string of the molecule is [B][C@@H]1O[C@H](COC)[C@H](OP(=O)(O)OC)C1OCc1cn(CC(=O)OCC)nn1. The summed E-state index contributed by atoms with van der Waals surface area (Å²) in [6, 6.07) is -0.934. The van der Waals surface area contributed by atoms with Crippen molar-refractivity contribution in [3.63, 3.8) is 0 Å². The Bertz CT molecular complexity index is 691. The third-order valence-corrected chi connectivity index (χ3v) is 4.74. The molecule has 0 spiro atoms. The van der Waals surface area contributed by atoms with Gasteiger partial charge in [-0.3, -0.25) is 13.8 Å². The molecular formula is C14H23BN3O9P. The van der Waals surface area contributed by atoms with Gasteiger partial charge in [0.2, 0.25) is 0 Å². The fourth-order valence-corrected chi connectivity index (χ4v) is 3.22. The van der Waals surface area contributed by atoms with Crippen molar-refractivity contribution in [2.45, 2.75) is 44.4 Å². The zero-order valence-corrected chi connectivity index (χ0v) is 16.7. The summed E-state index contributed by atoms with van der Waals surface area (Å²) in [5.74, 6) is -0.444. The molecule has 1 aliphatic heterocycles. The molecule has 28 heavy (non-hydrogen) atoms. The minimum atomic E-state index is -4.32. The van der Waals surface area contributed by atoms with E-state index in [1.54, 1.807) is 6.92 Å². The van der Waals surface area contributed by atoms with E-state index in [9.17, 15) is 14.3 Å². The van der Waals surface area contributed by atoms with Crippen molar-refractivity contribution < 1.29 is 42.2 Å². The van der Waals surface area contributed by atoms with Gasteiger partial charge in [0.1, 0.15) is 38.4 Å². The topological polar surface area (TPSA) is 140 Å². The number of ether oxygens (including phenoxy) is 4. The number of hydrogen-bond donors (Lipinski definition) is 1. The summed E-state index contributed by atoms with van der Waals surface area (Å²) in [6.07, 6.45) is -1.14. The predicted octanol–water partition coefficient (Wildman–Crippen LogP) is -0.602. The predicted molar refractivity (Wildman–Crippen MR) is 93.2 cm³/mol. The molecule has 0 aromatic carbocycles. The molecule has 1 fully saturated rings. The first kappa shape index (κ1) is 22.9. The lowest BCUT2D eigenvalue weighted by molar-refractivity contribution is -0.144. The van der Waals surface area contributed by atoms with E-state index < -0.39 is 38.1 Å². The van der Waals surface area contributed by atoms with Gasteiger partial charge in [0.05, 0.1) is 26.0 Å². The molecule has 2 unspecified atom stereocenters. The standard InChI is InChI=1S/C14H23BN3O9P/c1-4-24-11(19)6-18-5-9(16-17-18)7-25-13-12(27-28(20,21)23-3)10(8-22-2)26-14(13)15/h5,10,12-14H,4,6-8H2,1-3H3,(H,20,21)/t10-,12+,13?,14-/m1/s1. The highest BCUT2D eigenvalue weighted by molar-refractivity contribution is 7.47. The first-order chi connectivity index (χ1) is 13.3. The van der Waals surface area contributed by atoms with Crippen LogP contribution in [-0.4, -0.2) is 85.5 Å². The van der Waals surface area contributed by atoms with E-state index in [0.29, 0.717) is 5.69 Å². The van der Waals surface area contributed by atoms with Crippen molar-refractivity contribution in [2.24, 2.45) is 0 Å². The van der Waals surface area contributed by atoms with Gasteiger partial charge in [-0.2, -0.15) is 0 Å². The van der Waals surface area contributed by atoms with Gasteiger partial charge < -0.3 is 23.8 Å². The number of rotatable bonds is 11. The molecule has 5 atom stereocenters. The summed E-state index contributed by atoms with van der Waals surface area (Å²) < 4.78 is 43.8. The Labute approximate surface area is 163 Å². The van der Waals surface area contributed by atoms with Crippen LogP contribution in [-0.2, 0) is 50.5 Å². The summed E-state index contributed by atoms with van der Waals surface area (Å²) in [5, 5.41) is 7.70. The van der Waals surface area contributed by atoms with Crippen LogP contribution in [0.15, 0.2) is 6.20 Å². The molecule has 14 heteroatoms. The highest BCUT2D eigenvalue weighted by Crippen LogP contribution is 2.46. The Hall–Kier alpha value is -1.34. The second-order valence-corrected chi connectivity index (χ2v) is 7.32. The largest absolute Gasteiger partial charge is 0.472 e. The van der Waals surface area contributed by atoms with E-state index in [1.165, 1.54) is 18.0 Å². The first-order valence-corrected chi connectivity index (χ1v) is 9.92. The fraction of sp³-hybridized carbons (Fsp3) is 0.786. The zero-order valence-electron chi connectivity index (χ0n) is 15.8. The number of phosphoric acid groups is 1. The molecule has 1 aliphatic rings. The lowest BCUT2D eigenvalue weighted by Crippen LogP contribution is -2.38. The zero-order chi connectivity index (χ0) is 20.7. The van der Waals surface area contributed by atoms with Gasteiger partial charge in [-0.1, -0.05) is 5.21 Å². The third-order valence-electron chi connectivity index (χ3n) is 3.77. The number of aromatic nitrogens is 3. The average Bonchev–Trinajstić information content (AvgIpc) is 3.18. The molecule has 1 saturated heterocycles. The molecule has 1 N–H and O–H groups in total. The summed E-state index contributed by atoms with van der Waals surface area (Å²) in [7, 11) is 4.09. The number of methoxy groups -OCH3 is 1. The Morgan fingerprint density at radius 2 is 2.18 bits per heavy atom. The van der Waals surface area contributed by atoms with Crippen molar-refractivity contribution >= 4 is 21.6 Å². The van der Waals surface area contributed by atoms with Crippen molar-refractivity contribution in [3.8, 4) is 0 Å². The molecule has 2 radical (unpaired) electrons. The molecular weight excluding hydrogens is 396 g/mol. The first-order valence-electron chi connectivity index (χ1n) is 8.42. The molecule has 0 amide bonds. The molecule has 0 saturated carbocycles. The van der Waals surface area contributed by atoms with Gasteiger partial charge in [-0.25, -0.2) is 9.25 Å². The van der Waals surface area contributed by atoms with Gasteiger partial charge in [0.25, 0.3) is 0 Å². The number of hydrogen-bond acceptors (Lipinski definition) is 10. The van der Waals surface area contributed by atoms with Crippen LogP contribution in [0.25, 0.3) is 0 Å². The Morgan fingerprint density at radius 1 is 1.43 bits per heavy atom. The van der Waals surface area contributed by atoms with E-state index in [2.05, 4.69) is 14.8 Å². The minimum Gasteiger partial charge on any atom is -0.465 e. The van der Waals surface area contributed by atoms with Gasteiger partial charge >= 0.3 is 13.8 Å². The molecule has 156 valence electrons. The van der Waals surface area contributed by atoms with Gasteiger partial charge in [0, 0.05) is 20.2 Å². The molecule has 0 bridgehead atoms. The van der Waals surface area contributed by atoms with Crippen LogP contribution < -0.4 is 0 Å². The smallest absolute Gasteiger partial charge is 0.465 e. The molecule has 1 aromatic rings. The quantitative estimate of drug-likeness (QED) is 0.279. The number of carbonyl (C=O) groups is 1. The number of nitrogens with zero attached hydrogens (tertiary/aromatic N) is 3. The maximum absolute atomic E-state index is 11.8. The number of esters is 1. The third kappa shape index (κ3) is 6.34. The van der Waals surface area contributed by atoms with Gasteiger partial charge in [-0.05, 0) is 6.92 Å². The minimum absolute atomic E-state index is 0.0488. The summed E-state index contributed by atoms with van der Waals surface area (Å²) in [4.78, 5) is 21.1. The van der Waals surface area contributed by atoms with Crippen LogP contribution in [0.3, 0.4) is 0 Å². The monoisotopic (exact) mass is 419 g/mol. The van der Waals surface area contributed by atoms with Crippen molar-refractivity contribution in [3.05, 3.63) is 11.9 Å². The molecule has 0 aliphatic carbocycles. The summed E-state index contributed by atoms with van der Waals surface area (Å²) in [6.45, 7) is 1.90. The second-order valence-electron chi connectivity index (χ2n) is 5.80. The maximum Gasteiger partial charge on any atom is 0.472 e. The highest BCUT2D eigenvalue weighted by atomic mass is 31.2. The van der Waals surface area contributed by atoms with Crippen LogP contribution in [0.4, 0.5) is 0 Å². The maximum atomic E-state index is 11.8. The fourth-order valence-electron chi connectivity index (χ4n) is 2.57. The van der Waals surface area contributed by atoms with Crippen molar-refractivity contribution in [2.75, 3.05) is 27.4 Å². The van der Waals surface area contributed by atoms with E-state index in [0.717, 1.165) is 7.11 Å². The van der Waals surface area contributed by atoms with Gasteiger partial charge in [0.15, 0.2) is 0 Å². The lowest BCUT2D eigenvalue weighted by Gasteiger charge is -2.24. The number of phosphoric ester groups is 1. The van der Waals surface area contributed by atoms with Crippen molar-refractivity contribution in [1.82, 2.24) is 15.0 Å². The van der Waals surface area contributed by atoms with E-state index in [1.807, 2.05) is 0 Å². The second kappa shape index (κ2) is 10.4. The normalized spacial score (nSPS) is 26.9. The lowest BCUT2D eigenvalue weighted by atomic mass is 9.93. The summed E-state index contributed by atoms with van der Waals surface area (Å²) >= 11 is 0. The van der Waals surface area contributed by atoms with E-state index in [-0.39, 0.29) is 26.4 Å². The Kier molecular flexibility index (Phi) is 8.56. The molecule has 2 rings (SSSR count). The summed E-state index contributed by atoms with van der Waals surface area (Å²) in [5.41, 5.74) is 0.407. The Balaban J connectivity index is 2.01. The van der Waals surface area contributed by atoms with Gasteiger partial charge in [-0.15, -0.1) is 5.10 Å². The molecule has 12 nitrogen and oxygen atoms in total. The highest BCUT2D eigenvalue weighted by Gasteiger charge is 2.47. The van der Waals surface area contributed by atoms with Crippen LogP contribution in [0.5, 0.6) is 0 Å². The van der Waals surface area contributed by atoms with Crippen molar-refractivity contribution in [1.29, 1.82) is 0 Å². The molecule has 1 aromatic heterocycles. The average molecular weight is 419 g/mol. The Morgan fingerprint density at radius 3 is 2.82 bits per heavy atom. The van der Waals surface area contributed by atoms with Crippen LogP contribution in [0.1, 0.15) is 12.6 Å².